The number of ether oxygens (including phenoxy) is 2. The average Bonchev–Trinajstić information content (AvgIpc) is 3.22. The van der Waals surface area contributed by atoms with Crippen LogP contribution in [0, 0.1) is 5.82 Å². The Kier molecular flexibility index (Phi) is 8.66. The molecule has 4 aromatic rings. The molecule has 0 fully saturated rings. The molecule has 1 atom stereocenters. The molecule has 5 rings (SSSR count). The van der Waals surface area contributed by atoms with Gasteiger partial charge < -0.3 is 9.47 Å². The van der Waals surface area contributed by atoms with Gasteiger partial charge in [0.15, 0.2) is 4.80 Å². The molecule has 0 amide bonds. The molecule has 0 N–H and O–H groups in total. The highest BCUT2D eigenvalue weighted by molar-refractivity contribution is 7.07. The van der Waals surface area contributed by atoms with Crippen molar-refractivity contribution in [1.82, 2.24) is 4.57 Å². The van der Waals surface area contributed by atoms with E-state index in [-0.39, 0.29) is 34.1 Å². The second-order valence-electron chi connectivity index (χ2n) is 9.01. The van der Waals surface area contributed by atoms with Crippen LogP contribution >= 0.6 is 46.1 Å². The van der Waals surface area contributed by atoms with Crippen molar-refractivity contribution in [2.75, 3.05) is 6.61 Å². The Morgan fingerprint density at radius 3 is 2.56 bits per heavy atom. The standard InChI is InChI=1S/C30H22Cl3FN2O4S/c1-3-39-29(38)25-16(2)35-30-36(26(25)20-9-5-6-10-21(20)32)28(37)24(41-30)13-18-12-19(31)14-22(33)27(18)40-15-17-8-4-7-11-23(17)34/h4-14,26H,3,15H2,1-2H3/b24-13-/t26-/m0/s1. The van der Waals surface area contributed by atoms with Crippen molar-refractivity contribution in [2.45, 2.75) is 26.5 Å². The van der Waals surface area contributed by atoms with E-state index in [0.717, 1.165) is 11.3 Å². The zero-order valence-corrected chi connectivity index (χ0v) is 24.9. The quantitative estimate of drug-likeness (QED) is 0.219. The second-order valence-corrected chi connectivity index (χ2v) is 11.3. The van der Waals surface area contributed by atoms with Crippen LogP contribution in [-0.4, -0.2) is 17.1 Å². The number of esters is 1. The van der Waals surface area contributed by atoms with E-state index in [1.807, 2.05) is 0 Å². The van der Waals surface area contributed by atoms with Crippen molar-refractivity contribution in [1.29, 1.82) is 0 Å². The van der Waals surface area contributed by atoms with Gasteiger partial charge >= 0.3 is 5.97 Å². The van der Waals surface area contributed by atoms with Gasteiger partial charge in [-0.05, 0) is 49.8 Å². The third-order valence-electron chi connectivity index (χ3n) is 6.37. The van der Waals surface area contributed by atoms with Crippen molar-refractivity contribution < 1.29 is 18.7 Å². The fourth-order valence-corrected chi connectivity index (χ4v) is 6.37. The Morgan fingerprint density at radius 1 is 1.10 bits per heavy atom. The van der Waals surface area contributed by atoms with Crippen molar-refractivity contribution in [3.63, 3.8) is 0 Å². The molecule has 1 aromatic heterocycles. The first kappa shape index (κ1) is 29.1. The molecule has 0 bridgehead atoms. The van der Waals surface area contributed by atoms with Gasteiger partial charge in [0.05, 0.1) is 27.4 Å². The molecule has 210 valence electrons. The summed E-state index contributed by atoms with van der Waals surface area (Å²) in [5, 5.41) is 0.901. The second kappa shape index (κ2) is 12.2. The molecular weight excluding hydrogens is 610 g/mol. The van der Waals surface area contributed by atoms with Gasteiger partial charge in [-0.25, -0.2) is 14.2 Å². The van der Waals surface area contributed by atoms with Crippen LogP contribution < -0.4 is 19.6 Å². The lowest BCUT2D eigenvalue weighted by Crippen LogP contribution is -2.40. The zero-order valence-electron chi connectivity index (χ0n) is 21.8. The van der Waals surface area contributed by atoms with E-state index >= 15 is 0 Å². The number of hydrogen-bond donors (Lipinski definition) is 0. The molecule has 0 radical (unpaired) electrons. The summed E-state index contributed by atoms with van der Waals surface area (Å²) in [6.45, 7) is 3.46. The Balaban J connectivity index is 1.67. The lowest BCUT2D eigenvalue weighted by molar-refractivity contribution is -0.139. The van der Waals surface area contributed by atoms with Gasteiger partial charge in [0.25, 0.3) is 5.56 Å². The van der Waals surface area contributed by atoms with E-state index in [4.69, 9.17) is 44.3 Å². The molecular formula is C30H22Cl3FN2O4S. The number of fused-ring (bicyclic) bond motifs is 1. The van der Waals surface area contributed by atoms with Crippen molar-refractivity contribution >= 4 is 58.2 Å². The van der Waals surface area contributed by atoms with E-state index < -0.39 is 23.4 Å². The van der Waals surface area contributed by atoms with Crippen molar-refractivity contribution in [3.05, 3.63) is 129 Å². The third-order valence-corrected chi connectivity index (χ3v) is 8.20. The van der Waals surface area contributed by atoms with Crippen LogP contribution in [0.5, 0.6) is 5.75 Å². The monoisotopic (exact) mass is 630 g/mol. The minimum atomic E-state index is -0.860. The number of thiazole rings is 1. The van der Waals surface area contributed by atoms with Gasteiger partial charge in [0, 0.05) is 21.2 Å². The summed E-state index contributed by atoms with van der Waals surface area (Å²) < 4.78 is 27.2. The first-order chi connectivity index (χ1) is 19.7. The van der Waals surface area contributed by atoms with E-state index in [9.17, 15) is 14.0 Å². The molecule has 1 aliphatic rings. The van der Waals surface area contributed by atoms with Gasteiger partial charge in [-0.1, -0.05) is 82.5 Å². The first-order valence-corrected chi connectivity index (χ1v) is 14.4. The van der Waals surface area contributed by atoms with Crippen molar-refractivity contribution in [3.8, 4) is 5.75 Å². The highest BCUT2D eigenvalue weighted by atomic mass is 35.5. The SMILES string of the molecule is CCOC(=O)C1=C(C)N=c2s/c(=C\c3cc(Cl)cc(Cl)c3OCc3ccccc3F)c(=O)n2[C@H]1c1ccccc1Cl. The largest absolute Gasteiger partial charge is 0.487 e. The maximum Gasteiger partial charge on any atom is 0.338 e. The molecule has 1 aliphatic heterocycles. The summed E-state index contributed by atoms with van der Waals surface area (Å²) in [5.74, 6) is -0.769. The van der Waals surface area contributed by atoms with E-state index in [2.05, 4.69) is 4.99 Å². The molecule has 2 heterocycles. The lowest BCUT2D eigenvalue weighted by Gasteiger charge is -2.25. The number of nitrogens with zero attached hydrogens (tertiary/aromatic N) is 2. The molecule has 11 heteroatoms. The molecule has 6 nitrogen and oxygen atoms in total. The number of rotatable bonds is 7. The number of carbonyl (C=O) groups is 1. The predicted octanol–water partition coefficient (Wildman–Crippen LogP) is 6.48. The Morgan fingerprint density at radius 2 is 1.83 bits per heavy atom. The molecule has 3 aromatic carbocycles. The summed E-state index contributed by atoms with van der Waals surface area (Å²) in [6.07, 6.45) is 1.59. The molecule has 0 unspecified atom stereocenters. The number of allylic oxidation sites excluding steroid dienone is 1. The summed E-state index contributed by atoms with van der Waals surface area (Å²) in [4.78, 5) is 32.0. The van der Waals surface area contributed by atoms with Crippen molar-refractivity contribution in [2.24, 2.45) is 4.99 Å². The maximum atomic E-state index is 14.2. The van der Waals surface area contributed by atoms with E-state index in [1.165, 1.54) is 16.7 Å². The van der Waals surface area contributed by atoms with Gasteiger partial charge in [-0.3, -0.25) is 9.36 Å². The molecule has 0 saturated carbocycles. The minimum Gasteiger partial charge on any atom is -0.487 e. The number of hydrogen-bond acceptors (Lipinski definition) is 6. The molecule has 0 spiro atoms. The predicted molar refractivity (Wildman–Crippen MR) is 159 cm³/mol. The summed E-state index contributed by atoms with van der Waals surface area (Å²) in [5.41, 5.74) is 1.53. The van der Waals surface area contributed by atoms with Crippen LogP contribution in [-0.2, 0) is 16.1 Å². The van der Waals surface area contributed by atoms with Gasteiger partial charge in [-0.2, -0.15) is 0 Å². The average molecular weight is 632 g/mol. The molecule has 0 aliphatic carbocycles. The first-order valence-electron chi connectivity index (χ1n) is 12.5. The topological polar surface area (TPSA) is 69.9 Å². The molecule has 0 saturated heterocycles. The van der Waals surface area contributed by atoms with E-state index in [0.29, 0.717) is 37.2 Å². The Hall–Kier alpha value is -3.43. The fraction of sp³-hybridized carbons (Fsp3) is 0.167. The number of halogens is 4. The van der Waals surface area contributed by atoms with Crippen LogP contribution in [0.2, 0.25) is 15.1 Å². The van der Waals surface area contributed by atoms with Crippen LogP contribution in [0.25, 0.3) is 6.08 Å². The van der Waals surface area contributed by atoms with Gasteiger partial charge in [-0.15, -0.1) is 0 Å². The summed E-state index contributed by atoms with van der Waals surface area (Å²) in [6, 6.07) is 15.5. The third kappa shape index (κ3) is 5.83. The van der Waals surface area contributed by atoms with Crippen LogP contribution in [0.4, 0.5) is 4.39 Å². The number of aromatic nitrogens is 1. The normalized spacial score (nSPS) is 15.0. The smallest absolute Gasteiger partial charge is 0.338 e. The number of carbonyl (C=O) groups excluding carboxylic acids is 1. The molecule has 41 heavy (non-hydrogen) atoms. The maximum absolute atomic E-state index is 14.2. The zero-order chi connectivity index (χ0) is 29.3. The highest BCUT2D eigenvalue weighted by Gasteiger charge is 2.34. The Labute approximate surface area is 253 Å². The number of benzene rings is 3. The summed E-state index contributed by atoms with van der Waals surface area (Å²) in [7, 11) is 0. The van der Waals surface area contributed by atoms with Gasteiger partial charge in [0.1, 0.15) is 24.2 Å². The minimum absolute atomic E-state index is 0.0925. The van der Waals surface area contributed by atoms with Crippen LogP contribution in [0.1, 0.15) is 36.6 Å². The summed E-state index contributed by atoms with van der Waals surface area (Å²) >= 11 is 20.5. The van der Waals surface area contributed by atoms with Crippen LogP contribution in [0.3, 0.4) is 0 Å². The fourth-order valence-electron chi connectivity index (χ4n) is 4.53. The highest BCUT2D eigenvalue weighted by Crippen LogP contribution is 2.35. The van der Waals surface area contributed by atoms with Gasteiger partial charge in [0.2, 0.25) is 0 Å². The van der Waals surface area contributed by atoms with Crippen LogP contribution in [0.15, 0.2) is 81.7 Å². The lowest BCUT2D eigenvalue weighted by atomic mass is 9.96. The van der Waals surface area contributed by atoms with E-state index in [1.54, 1.807) is 68.5 Å². The Bertz CT molecular complexity index is 1880.